The van der Waals surface area contributed by atoms with Crippen molar-refractivity contribution in [1.82, 2.24) is 0 Å². The minimum atomic E-state index is -0.801. The Bertz CT molecular complexity index is 2950. The molecule has 0 saturated carbocycles. The van der Waals surface area contributed by atoms with Gasteiger partial charge in [0.15, 0.2) is 23.0 Å². The van der Waals surface area contributed by atoms with Crippen LogP contribution in [0.2, 0.25) is 0 Å². The van der Waals surface area contributed by atoms with Gasteiger partial charge in [-0.2, -0.15) is 0 Å². The molecule has 0 spiro atoms. The Morgan fingerprint density at radius 1 is 0.329 bits per heavy atom. The summed E-state index contributed by atoms with van der Waals surface area (Å²) in [5, 5.41) is 0. The van der Waals surface area contributed by atoms with Gasteiger partial charge in [0.1, 0.15) is 23.0 Å². The first-order chi connectivity index (χ1) is 40.1. The monoisotopic (exact) mass is 1110 g/mol. The molecule has 0 saturated heterocycles. The maximum absolute atomic E-state index is 13.4. The molecular weight excluding hydrogens is 1030 g/mol. The molecule has 0 bridgehead atoms. The zero-order chi connectivity index (χ0) is 57.7. The molecule has 12 heteroatoms. The number of ether oxygens (including phenoxy) is 8. The topological polar surface area (TPSA) is 142 Å². The van der Waals surface area contributed by atoms with Crippen molar-refractivity contribution >= 4 is 23.9 Å². The van der Waals surface area contributed by atoms with E-state index >= 15 is 0 Å². The van der Waals surface area contributed by atoms with Crippen molar-refractivity contribution in [2.24, 2.45) is 0 Å². The summed E-state index contributed by atoms with van der Waals surface area (Å²) < 4.78 is 45.6. The van der Waals surface area contributed by atoms with Crippen LogP contribution in [0.4, 0.5) is 0 Å². The molecule has 0 aromatic heterocycles. The van der Waals surface area contributed by atoms with Crippen molar-refractivity contribution in [2.75, 3.05) is 27.4 Å². The van der Waals surface area contributed by atoms with E-state index < -0.39 is 23.9 Å². The molecule has 7 rings (SSSR count). The lowest BCUT2D eigenvalue weighted by molar-refractivity contribution is 0.0720. The number of rotatable bonds is 34. The van der Waals surface area contributed by atoms with Crippen LogP contribution in [0.5, 0.6) is 46.0 Å². The maximum Gasteiger partial charge on any atom is 0.343 e. The fraction of sp³-hybridized carbons (Fsp3) is 0.286. The molecule has 0 aliphatic carbocycles. The molecule has 12 nitrogen and oxygen atoms in total. The quantitative estimate of drug-likeness (QED) is 0.0164. The average Bonchev–Trinajstić information content (AvgIpc) is 3.56. The lowest BCUT2D eigenvalue weighted by Gasteiger charge is -2.12. The lowest BCUT2D eigenvalue weighted by Crippen LogP contribution is -2.14. The van der Waals surface area contributed by atoms with E-state index in [9.17, 15) is 19.2 Å². The van der Waals surface area contributed by atoms with Crippen molar-refractivity contribution in [2.45, 2.75) is 103 Å². The van der Waals surface area contributed by atoms with Gasteiger partial charge in [0.25, 0.3) is 0 Å². The summed E-state index contributed by atoms with van der Waals surface area (Å²) in [4.78, 5) is 53.4. The lowest BCUT2D eigenvalue weighted by atomic mass is 10.1. The van der Waals surface area contributed by atoms with Crippen LogP contribution in [0, 0.1) is 0 Å². The van der Waals surface area contributed by atoms with Crippen LogP contribution < -0.4 is 37.9 Å². The molecule has 0 heterocycles. The number of hydrogen-bond acceptors (Lipinski definition) is 12. The molecule has 0 amide bonds. The number of hydrogen-bond donors (Lipinski definition) is 0. The van der Waals surface area contributed by atoms with Crippen LogP contribution in [-0.4, -0.2) is 51.3 Å². The molecule has 0 radical (unpaired) electrons. The van der Waals surface area contributed by atoms with E-state index in [1.807, 2.05) is 84.9 Å². The summed E-state index contributed by atoms with van der Waals surface area (Å²) in [5.74, 6) is -0.288. The third-order valence-corrected chi connectivity index (χ3v) is 13.7. The molecular formula is C70H74O12. The summed E-state index contributed by atoms with van der Waals surface area (Å²) in [6.07, 6.45) is 23.1. The molecule has 0 atom stereocenters. The number of unbranched alkanes of at least 4 members (excludes halogenated alkanes) is 14. The fourth-order valence-corrected chi connectivity index (χ4v) is 9.03. The smallest absolute Gasteiger partial charge is 0.343 e. The highest BCUT2D eigenvalue weighted by Crippen LogP contribution is 2.33. The zero-order valence-corrected chi connectivity index (χ0v) is 47.2. The van der Waals surface area contributed by atoms with Crippen LogP contribution in [0.3, 0.4) is 0 Å². The average molecular weight is 1110 g/mol. The van der Waals surface area contributed by atoms with Gasteiger partial charge in [-0.3, -0.25) is 0 Å². The van der Waals surface area contributed by atoms with Crippen molar-refractivity contribution < 1.29 is 57.1 Å². The molecule has 0 unspecified atom stereocenters. The van der Waals surface area contributed by atoms with E-state index in [0.29, 0.717) is 24.7 Å². The van der Waals surface area contributed by atoms with Gasteiger partial charge in [-0.05, 0) is 164 Å². The number of carbonyl (C=O) groups is 4. The molecule has 7 aromatic rings. The number of allylic oxidation sites excluding steroid dienone is 2. The Labute approximate surface area is 482 Å². The van der Waals surface area contributed by atoms with E-state index in [0.717, 1.165) is 72.3 Å². The van der Waals surface area contributed by atoms with E-state index in [-0.39, 0.29) is 45.3 Å². The van der Waals surface area contributed by atoms with E-state index in [4.69, 9.17) is 37.9 Å². The summed E-state index contributed by atoms with van der Waals surface area (Å²) in [5.41, 5.74) is 4.27. The van der Waals surface area contributed by atoms with Gasteiger partial charge in [-0.15, -0.1) is 13.2 Å². The Balaban J connectivity index is 0.848. The Hall–Kier alpha value is -8.90. The van der Waals surface area contributed by atoms with Crippen LogP contribution >= 0.6 is 0 Å². The molecule has 0 N–H and O–H groups in total. The highest BCUT2D eigenvalue weighted by atomic mass is 16.6. The SMILES string of the molecule is C=CCCCCCCCCCOc1ccc(-c2ccc(OC(=O)c3ccc(OC(=O)c4cccc(C(=O)Oc5ccc(C(=O)Oc6ccc(-c7ccc(OCCCCCCCCCC=C)cc7)cc6)cc5OC)c4)c(OC)c3)cc2)cc1. The van der Waals surface area contributed by atoms with E-state index in [2.05, 4.69) is 13.2 Å². The minimum absolute atomic E-state index is 0.0314. The first-order valence-electron chi connectivity index (χ1n) is 28.4. The maximum atomic E-state index is 13.4. The van der Waals surface area contributed by atoms with Crippen molar-refractivity contribution in [3.63, 3.8) is 0 Å². The van der Waals surface area contributed by atoms with Gasteiger partial charge in [-0.1, -0.05) is 131 Å². The Morgan fingerprint density at radius 3 is 0.976 bits per heavy atom. The molecule has 0 fully saturated rings. The Morgan fingerprint density at radius 2 is 0.634 bits per heavy atom. The second-order valence-corrected chi connectivity index (χ2v) is 19.8. The zero-order valence-electron chi connectivity index (χ0n) is 47.2. The number of carbonyl (C=O) groups excluding carboxylic acids is 4. The molecule has 0 aliphatic rings. The minimum Gasteiger partial charge on any atom is -0.494 e. The van der Waals surface area contributed by atoms with Crippen LogP contribution in [0.15, 0.2) is 183 Å². The predicted octanol–water partition coefficient (Wildman–Crippen LogP) is 17.3. The first kappa shape index (κ1) is 60.7. The van der Waals surface area contributed by atoms with Gasteiger partial charge in [0.2, 0.25) is 0 Å². The van der Waals surface area contributed by atoms with Gasteiger partial charge in [-0.25, -0.2) is 19.2 Å². The first-order valence-corrected chi connectivity index (χ1v) is 28.4. The van der Waals surface area contributed by atoms with Gasteiger partial charge in [0.05, 0.1) is 49.7 Å². The van der Waals surface area contributed by atoms with Crippen LogP contribution in [0.25, 0.3) is 22.3 Å². The summed E-state index contributed by atoms with van der Waals surface area (Å²) in [6.45, 7) is 8.95. The number of methoxy groups -OCH3 is 2. The van der Waals surface area contributed by atoms with E-state index in [1.165, 1.54) is 139 Å². The predicted molar refractivity (Wildman–Crippen MR) is 321 cm³/mol. The highest BCUT2D eigenvalue weighted by molar-refractivity contribution is 5.98. The Kier molecular flexibility index (Phi) is 24.4. The van der Waals surface area contributed by atoms with Crippen LogP contribution in [0.1, 0.15) is 144 Å². The molecule has 7 aromatic carbocycles. The number of benzene rings is 7. The van der Waals surface area contributed by atoms with Crippen molar-refractivity contribution in [3.8, 4) is 68.2 Å². The highest BCUT2D eigenvalue weighted by Gasteiger charge is 2.21. The fourth-order valence-electron chi connectivity index (χ4n) is 9.03. The van der Waals surface area contributed by atoms with Crippen molar-refractivity contribution in [1.29, 1.82) is 0 Å². The van der Waals surface area contributed by atoms with E-state index in [1.54, 1.807) is 24.3 Å². The summed E-state index contributed by atoms with van der Waals surface area (Å²) >= 11 is 0. The third-order valence-electron chi connectivity index (χ3n) is 13.7. The summed E-state index contributed by atoms with van der Waals surface area (Å²) in [7, 11) is 2.76. The summed E-state index contributed by atoms with van der Waals surface area (Å²) in [6, 6.07) is 44.6. The standard InChI is InChI=1S/C70H74O12/c1-5-7-9-11-13-15-17-19-21-46-77-59-36-26-51(27-37-59)53-30-40-61(41-31-53)79-67(71)57-34-44-63(65(49-57)75-3)81-69(73)55-24-23-25-56(48-55)70(74)82-64-45-35-58(50-66(64)76-4)68(72)80-62-42-32-54(33-43-62)52-28-38-60(39-29-52)78-47-22-20-18-16-14-12-10-8-6-2/h5-6,23-45,48-50H,1-2,7-22,46-47H2,3-4H3. The molecule has 426 valence electrons. The third kappa shape index (κ3) is 19.1. The largest absolute Gasteiger partial charge is 0.494 e. The number of esters is 4. The molecule has 82 heavy (non-hydrogen) atoms. The van der Waals surface area contributed by atoms with Gasteiger partial charge >= 0.3 is 23.9 Å². The van der Waals surface area contributed by atoms with Gasteiger partial charge < -0.3 is 37.9 Å². The molecule has 0 aliphatic heterocycles. The second-order valence-electron chi connectivity index (χ2n) is 19.8. The van der Waals surface area contributed by atoms with Gasteiger partial charge in [0, 0.05) is 0 Å². The van der Waals surface area contributed by atoms with Crippen LogP contribution in [-0.2, 0) is 0 Å². The van der Waals surface area contributed by atoms with Crippen molar-refractivity contribution in [3.05, 3.63) is 205 Å². The normalized spacial score (nSPS) is 10.8. The second kappa shape index (κ2) is 33.0.